The van der Waals surface area contributed by atoms with Gasteiger partial charge in [-0.1, -0.05) is 11.8 Å². The van der Waals surface area contributed by atoms with Gasteiger partial charge in [-0.3, -0.25) is 4.79 Å². The Morgan fingerprint density at radius 2 is 2.25 bits per heavy atom. The van der Waals surface area contributed by atoms with E-state index in [2.05, 4.69) is 22.1 Å². The highest BCUT2D eigenvalue weighted by Gasteiger charge is 2.27. The minimum atomic E-state index is -0.506. The molecule has 0 aliphatic heterocycles. The smallest absolute Gasteiger partial charge is 0.263 e. The van der Waals surface area contributed by atoms with Crippen molar-refractivity contribution >= 4 is 28.6 Å². The van der Waals surface area contributed by atoms with Crippen LogP contribution in [0.3, 0.4) is 0 Å². The topological polar surface area (TPSA) is 68.0 Å². The molecule has 2 rings (SSSR count). The molecule has 4 nitrogen and oxygen atoms in total. The normalized spacial score (nSPS) is 10.8. The van der Waals surface area contributed by atoms with Crippen LogP contribution in [0.15, 0.2) is 23.0 Å². The summed E-state index contributed by atoms with van der Waals surface area (Å²) in [6.45, 7) is 4.15. The molecule has 0 bridgehead atoms. The number of nitrogens with two attached hydrogens (primary N) is 1. The molecule has 3 N–H and O–H groups in total. The molecule has 0 saturated heterocycles. The first-order valence-electron chi connectivity index (χ1n) is 6.03. The van der Waals surface area contributed by atoms with Gasteiger partial charge in [-0.15, -0.1) is 22.7 Å². The molecule has 0 spiro atoms. The fourth-order valence-electron chi connectivity index (χ4n) is 1.66. The Bertz CT molecular complexity index is 648. The van der Waals surface area contributed by atoms with Crippen molar-refractivity contribution in [2.45, 2.75) is 19.4 Å². The Balaban J connectivity index is 2.19. The Labute approximate surface area is 126 Å². The highest BCUT2D eigenvalue weighted by atomic mass is 32.1. The van der Waals surface area contributed by atoms with Gasteiger partial charge in [-0.05, 0) is 25.3 Å². The summed E-state index contributed by atoms with van der Waals surface area (Å²) >= 11 is 2.89. The minimum Gasteiger partial charge on any atom is -0.340 e. The number of aromatic nitrogens is 1. The van der Waals surface area contributed by atoms with E-state index in [0.717, 1.165) is 5.01 Å². The van der Waals surface area contributed by atoms with Gasteiger partial charge < -0.3 is 11.1 Å². The van der Waals surface area contributed by atoms with E-state index >= 15 is 0 Å². The Morgan fingerprint density at radius 3 is 2.90 bits per heavy atom. The number of amides is 1. The first-order chi connectivity index (χ1) is 9.54. The molecule has 0 aromatic carbocycles. The lowest BCUT2D eigenvalue weighted by Gasteiger charge is -2.23. The summed E-state index contributed by atoms with van der Waals surface area (Å²) in [5.74, 6) is 5.55. The highest BCUT2D eigenvalue weighted by Crippen LogP contribution is 2.24. The van der Waals surface area contributed by atoms with E-state index in [1.807, 2.05) is 30.7 Å². The van der Waals surface area contributed by atoms with E-state index in [-0.39, 0.29) is 12.5 Å². The Kier molecular flexibility index (Phi) is 4.55. The zero-order chi connectivity index (χ0) is 14.6. The zero-order valence-corrected chi connectivity index (χ0v) is 12.9. The number of rotatable bonds is 3. The van der Waals surface area contributed by atoms with Crippen molar-refractivity contribution in [3.63, 3.8) is 0 Å². The van der Waals surface area contributed by atoms with Crippen LogP contribution in [0.25, 0.3) is 0 Å². The van der Waals surface area contributed by atoms with Crippen LogP contribution in [0.5, 0.6) is 0 Å². The molecule has 20 heavy (non-hydrogen) atoms. The maximum absolute atomic E-state index is 12.4. The lowest BCUT2D eigenvalue weighted by atomic mass is 10.1. The van der Waals surface area contributed by atoms with Crippen LogP contribution in [0.2, 0.25) is 0 Å². The molecule has 1 amide bonds. The molecule has 0 radical (unpaired) electrons. The number of carbonyl (C=O) groups excluding carboxylic acids is 1. The summed E-state index contributed by atoms with van der Waals surface area (Å²) in [5, 5.41) is 7.62. The van der Waals surface area contributed by atoms with Gasteiger partial charge in [0.05, 0.1) is 12.1 Å². The van der Waals surface area contributed by atoms with Gasteiger partial charge in [-0.2, -0.15) is 0 Å². The second kappa shape index (κ2) is 6.18. The number of nitrogens with one attached hydrogen (secondary N) is 1. The second-order valence-electron chi connectivity index (χ2n) is 4.59. The van der Waals surface area contributed by atoms with Crippen LogP contribution >= 0.6 is 22.7 Å². The summed E-state index contributed by atoms with van der Waals surface area (Å²) in [6, 6.07) is 1.83. The number of hydrogen-bond acceptors (Lipinski definition) is 5. The standard InChI is InChI=1S/C14H15N3OS2/c1-14(2,13-16-7-9-20-13)17-12(18)11-10(4-3-6-15)5-8-19-11/h5,7-9H,6,15H2,1-2H3,(H,17,18). The molecule has 0 unspecified atom stereocenters. The third kappa shape index (κ3) is 3.25. The quantitative estimate of drug-likeness (QED) is 0.854. The third-order valence-corrected chi connectivity index (χ3v) is 4.60. The number of thiazole rings is 1. The van der Waals surface area contributed by atoms with Crippen molar-refractivity contribution in [1.82, 2.24) is 10.3 Å². The van der Waals surface area contributed by atoms with E-state index in [1.54, 1.807) is 6.20 Å². The van der Waals surface area contributed by atoms with Gasteiger partial charge in [0, 0.05) is 17.1 Å². The van der Waals surface area contributed by atoms with Crippen LogP contribution in [0.4, 0.5) is 0 Å². The van der Waals surface area contributed by atoms with Crippen LogP contribution in [0.1, 0.15) is 34.1 Å². The molecule has 104 valence electrons. The van der Waals surface area contributed by atoms with E-state index in [4.69, 9.17) is 5.73 Å². The van der Waals surface area contributed by atoms with Crippen molar-refractivity contribution in [3.05, 3.63) is 38.5 Å². The van der Waals surface area contributed by atoms with Crippen molar-refractivity contribution in [1.29, 1.82) is 0 Å². The molecule has 2 aromatic heterocycles. The second-order valence-corrected chi connectivity index (χ2v) is 6.40. The molecule has 2 heterocycles. The summed E-state index contributed by atoms with van der Waals surface area (Å²) in [6.07, 6.45) is 1.73. The number of nitrogens with zero attached hydrogens (tertiary/aromatic N) is 1. The maximum atomic E-state index is 12.4. The van der Waals surface area contributed by atoms with Crippen molar-refractivity contribution in [2.24, 2.45) is 5.73 Å². The summed E-state index contributed by atoms with van der Waals surface area (Å²) in [7, 11) is 0. The summed E-state index contributed by atoms with van der Waals surface area (Å²) in [5.41, 5.74) is 5.57. The highest BCUT2D eigenvalue weighted by molar-refractivity contribution is 7.12. The molecular formula is C14H15N3OS2. The predicted octanol–water partition coefficient (Wildman–Crippen LogP) is 2.18. The molecular weight excluding hydrogens is 290 g/mol. The summed E-state index contributed by atoms with van der Waals surface area (Å²) in [4.78, 5) is 17.2. The maximum Gasteiger partial charge on any atom is 0.263 e. The van der Waals surface area contributed by atoms with Gasteiger partial charge in [0.1, 0.15) is 9.88 Å². The number of carbonyl (C=O) groups is 1. The van der Waals surface area contributed by atoms with E-state index in [0.29, 0.717) is 10.4 Å². The lowest BCUT2D eigenvalue weighted by molar-refractivity contribution is 0.0916. The summed E-state index contributed by atoms with van der Waals surface area (Å²) < 4.78 is 0. The third-order valence-electron chi connectivity index (χ3n) is 2.59. The van der Waals surface area contributed by atoms with Crippen LogP contribution in [-0.2, 0) is 5.54 Å². The molecule has 0 saturated carbocycles. The van der Waals surface area contributed by atoms with Gasteiger partial charge in [0.25, 0.3) is 5.91 Å². The zero-order valence-electron chi connectivity index (χ0n) is 11.3. The predicted molar refractivity (Wildman–Crippen MR) is 82.9 cm³/mol. The van der Waals surface area contributed by atoms with Gasteiger partial charge in [-0.25, -0.2) is 4.98 Å². The van der Waals surface area contributed by atoms with Crippen molar-refractivity contribution in [3.8, 4) is 11.8 Å². The van der Waals surface area contributed by atoms with Gasteiger partial charge >= 0.3 is 0 Å². The van der Waals surface area contributed by atoms with Crippen LogP contribution in [-0.4, -0.2) is 17.4 Å². The monoisotopic (exact) mass is 305 g/mol. The first-order valence-corrected chi connectivity index (χ1v) is 7.79. The van der Waals surface area contributed by atoms with Gasteiger partial charge in [0.15, 0.2) is 0 Å². The first kappa shape index (κ1) is 14.7. The van der Waals surface area contributed by atoms with E-state index in [9.17, 15) is 4.79 Å². The van der Waals surface area contributed by atoms with Crippen LogP contribution in [0, 0.1) is 11.8 Å². The molecule has 2 aromatic rings. The van der Waals surface area contributed by atoms with Crippen molar-refractivity contribution in [2.75, 3.05) is 6.54 Å². The molecule has 0 fully saturated rings. The Morgan fingerprint density at radius 1 is 1.45 bits per heavy atom. The fraction of sp³-hybridized carbons (Fsp3) is 0.286. The molecule has 0 aliphatic rings. The average Bonchev–Trinajstić information content (AvgIpc) is 3.06. The number of hydrogen-bond donors (Lipinski definition) is 2. The SMILES string of the molecule is CC(C)(NC(=O)c1sccc1C#CCN)c1nccs1. The van der Waals surface area contributed by atoms with E-state index in [1.165, 1.54) is 22.7 Å². The average molecular weight is 305 g/mol. The van der Waals surface area contributed by atoms with Crippen LogP contribution < -0.4 is 11.1 Å². The Hall–Kier alpha value is -1.68. The molecule has 6 heteroatoms. The fourth-order valence-corrected chi connectivity index (χ4v) is 3.12. The minimum absolute atomic E-state index is 0.137. The number of thiophene rings is 1. The van der Waals surface area contributed by atoms with Crippen molar-refractivity contribution < 1.29 is 4.79 Å². The lowest BCUT2D eigenvalue weighted by Crippen LogP contribution is -2.40. The molecule has 0 atom stereocenters. The molecule has 0 aliphatic carbocycles. The van der Waals surface area contributed by atoms with E-state index < -0.39 is 5.54 Å². The largest absolute Gasteiger partial charge is 0.340 e. The van der Waals surface area contributed by atoms with Gasteiger partial charge in [0.2, 0.25) is 0 Å².